The number of primary amides is 1. The third-order valence-corrected chi connectivity index (χ3v) is 1.51. The highest BCUT2D eigenvalue weighted by Gasteiger charge is 2.07. The van der Waals surface area contributed by atoms with Gasteiger partial charge in [0.25, 0.3) is 5.91 Å². The van der Waals surface area contributed by atoms with Crippen LogP contribution in [-0.4, -0.2) is 30.2 Å². The van der Waals surface area contributed by atoms with Crippen molar-refractivity contribution in [1.82, 2.24) is 4.90 Å². The number of carbonyl (C=O) groups excluding carboxylic acids is 1. The van der Waals surface area contributed by atoms with Crippen molar-refractivity contribution in [2.24, 2.45) is 10.7 Å². The van der Waals surface area contributed by atoms with E-state index in [0.29, 0.717) is 12.2 Å². The summed E-state index contributed by atoms with van der Waals surface area (Å²) in [6.07, 6.45) is 3.24. The Morgan fingerprint density at radius 1 is 1.91 bits per heavy atom. The number of rotatable bonds is 2. The zero-order valence-corrected chi connectivity index (χ0v) is 6.45. The summed E-state index contributed by atoms with van der Waals surface area (Å²) in [6, 6.07) is 0. The molecule has 0 aromatic heterocycles. The summed E-state index contributed by atoms with van der Waals surface area (Å²) in [5.74, 6) is -0.424. The molecule has 0 spiro atoms. The van der Waals surface area contributed by atoms with Gasteiger partial charge in [-0.3, -0.25) is 9.79 Å². The van der Waals surface area contributed by atoms with Crippen molar-refractivity contribution in [1.29, 1.82) is 0 Å². The molecule has 0 saturated heterocycles. The molecule has 0 radical (unpaired) electrons. The van der Waals surface area contributed by atoms with E-state index in [9.17, 15) is 4.79 Å². The smallest absolute Gasteiger partial charge is 0.251 e. The van der Waals surface area contributed by atoms with Crippen LogP contribution < -0.4 is 5.73 Å². The normalized spacial score (nSPS) is 16.5. The van der Waals surface area contributed by atoms with E-state index in [-0.39, 0.29) is 0 Å². The summed E-state index contributed by atoms with van der Waals surface area (Å²) in [4.78, 5) is 16.5. The third-order valence-electron chi connectivity index (χ3n) is 1.51. The quantitative estimate of drug-likeness (QED) is 0.593. The first-order valence-corrected chi connectivity index (χ1v) is 3.49. The molecular formula is C7H11N3O. The lowest BCUT2D eigenvalue weighted by atomic mass is 10.3. The number of carbonyl (C=O) groups is 1. The highest BCUT2D eigenvalue weighted by Crippen LogP contribution is 2.01. The standard InChI is InChI=1S/C7H11N3O/c1-2-10-4-6(7(8)11)3-9-5-10/h3-4H,2,5H2,1H3,(H2,8,11). The van der Waals surface area contributed by atoms with Gasteiger partial charge >= 0.3 is 0 Å². The van der Waals surface area contributed by atoms with Gasteiger partial charge in [0.1, 0.15) is 6.67 Å². The zero-order valence-electron chi connectivity index (χ0n) is 6.45. The van der Waals surface area contributed by atoms with E-state index in [1.54, 1.807) is 6.20 Å². The van der Waals surface area contributed by atoms with Crippen molar-refractivity contribution < 1.29 is 4.79 Å². The first-order chi connectivity index (χ1) is 5.24. The molecule has 1 rings (SSSR count). The summed E-state index contributed by atoms with van der Waals surface area (Å²) >= 11 is 0. The number of nitrogens with two attached hydrogens (primary N) is 1. The summed E-state index contributed by atoms with van der Waals surface area (Å²) < 4.78 is 0. The molecule has 4 nitrogen and oxygen atoms in total. The van der Waals surface area contributed by atoms with Crippen molar-refractivity contribution in [2.75, 3.05) is 13.2 Å². The Morgan fingerprint density at radius 3 is 3.18 bits per heavy atom. The molecule has 60 valence electrons. The van der Waals surface area contributed by atoms with Crippen molar-refractivity contribution in [3.63, 3.8) is 0 Å². The Morgan fingerprint density at radius 2 is 2.64 bits per heavy atom. The molecule has 1 amide bonds. The van der Waals surface area contributed by atoms with Gasteiger partial charge in [0.2, 0.25) is 0 Å². The number of amides is 1. The highest BCUT2D eigenvalue weighted by atomic mass is 16.1. The van der Waals surface area contributed by atoms with Gasteiger partial charge in [0.05, 0.1) is 5.57 Å². The van der Waals surface area contributed by atoms with E-state index >= 15 is 0 Å². The summed E-state index contributed by atoms with van der Waals surface area (Å²) in [6.45, 7) is 3.46. The monoisotopic (exact) mass is 153 g/mol. The summed E-state index contributed by atoms with van der Waals surface area (Å²) in [5, 5.41) is 0. The minimum atomic E-state index is -0.424. The topological polar surface area (TPSA) is 58.7 Å². The zero-order chi connectivity index (χ0) is 8.27. The van der Waals surface area contributed by atoms with E-state index in [1.165, 1.54) is 6.21 Å². The molecule has 0 bridgehead atoms. The fraction of sp³-hybridized carbons (Fsp3) is 0.429. The SMILES string of the molecule is CCN1C=C(C(N)=O)C=NC1. The third kappa shape index (κ3) is 1.80. The van der Waals surface area contributed by atoms with E-state index in [0.717, 1.165) is 6.54 Å². The van der Waals surface area contributed by atoms with Crippen molar-refractivity contribution >= 4 is 12.1 Å². The summed E-state index contributed by atoms with van der Waals surface area (Å²) in [7, 11) is 0. The first kappa shape index (κ1) is 7.78. The van der Waals surface area contributed by atoms with Gasteiger partial charge in [-0.05, 0) is 6.92 Å². The predicted molar refractivity (Wildman–Crippen MR) is 43.0 cm³/mol. The molecule has 4 heteroatoms. The second kappa shape index (κ2) is 3.18. The maximum absolute atomic E-state index is 10.7. The molecule has 0 aliphatic carbocycles. The molecule has 0 unspecified atom stereocenters. The average Bonchev–Trinajstić information content (AvgIpc) is 2.05. The fourth-order valence-electron chi connectivity index (χ4n) is 0.833. The Balaban J connectivity index is 2.71. The van der Waals surface area contributed by atoms with Crippen LogP contribution in [0.3, 0.4) is 0 Å². The van der Waals surface area contributed by atoms with Crippen molar-refractivity contribution in [3.8, 4) is 0 Å². The molecule has 0 aromatic carbocycles. The molecule has 11 heavy (non-hydrogen) atoms. The van der Waals surface area contributed by atoms with E-state index in [4.69, 9.17) is 5.73 Å². The Hall–Kier alpha value is -1.32. The average molecular weight is 153 g/mol. The molecular weight excluding hydrogens is 142 g/mol. The van der Waals surface area contributed by atoms with E-state index in [1.807, 2.05) is 11.8 Å². The van der Waals surface area contributed by atoms with Gasteiger partial charge in [0, 0.05) is 19.0 Å². The van der Waals surface area contributed by atoms with Crippen LogP contribution in [0, 0.1) is 0 Å². The van der Waals surface area contributed by atoms with Gasteiger partial charge in [0.15, 0.2) is 0 Å². The Bertz CT molecular complexity index is 220. The number of aliphatic imine (C=N–C) groups is 1. The Kier molecular flexibility index (Phi) is 2.25. The molecule has 0 aromatic rings. The number of nitrogens with zero attached hydrogens (tertiary/aromatic N) is 2. The lowest BCUT2D eigenvalue weighted by Crippen LogP contribution is -2.26. The molecule has 0 atom stereocenters. The van der Waals surface area contributed by atoms with Crippen molar-refractivity contribution in [2.45, 2.75) is 6.92 Å². The minimum absolute atomic E-state index is 0.424. The Labute approximate surface area is 65.4 Å². The maximum atomic E-state index is 10.7. The second-order valence-corrected chi connectivity index (χ2v) is 2.31. The van der Waals surface area contributed by atoms with Gasteiger partial charge in [-0.25, -0.2) is 0 Å². The summed E-state index contributed by atoms with van der Waals surface area (Å²) in [5.41, 5.74) is 5.53. The van der Waals surface area contributed by atoms with Crippen LogP contribution in [-0.2, 0) is 4.79 Å². The van der Waals surface area contributed by atoms with Crippen LogP contribution >= 0.6 is 0 Å². The number of hydrogen-bond acceptors (Lipinski definition) is 3. The second-order valence-electron chi connectivity index (χ2n) is 2.31. The molecule has 1 aliphatic heterocycles. The van der Waals surface area contributed by atoms with E-state index in [2.05, 4.69) is 4.99 Å². The van der Waals surface area contributed by atoms with Gasteiger partial charge in [-0.1, -0.05) is 0 Å². The van der Waals surface area contributed by atoms with Crippen LogP contribution in [0.25, 0.3) is 0 Å². The van der Waals surface area contributed by atoms with E-state index < -0.39 is 5.91 Å². The van der Waals surface area contributed by atoms with Crippen LogP contribution in [0.15, 0.2) is 16.8 Å². The number of hydrogen-bond donors (Lipinski definition) is 1. The fourth-order valence-corrected chi connectivity index (χ4v) is 0.833. The predicted octanol–water partition coefficient (Wildman–Crippen LogP) is -0.281. The molecule has 1 aliphatic rings. The van der Waals surface area contributed by atoms with Crippen LogP contribution in [0.2, 0.25) is 0 Å². The molecule has 1 heterocycles. The van der Waals surface area contributed by atoms with Crippen LogP contribution in [0.4, 0.5) is 0 Å². The van der Waals surface area contributed by atoms with Gasteiger partial charge in [-0.2, -0.15) is 0 Å². The maximum Gasteiger partial charge on any atom is 0.251 e. The molecule has 0 fully saturated rings. The lowest BCUT2D eigenvalue weighted by molar-refractivity contribution is -0.114. The highest BCUT2D eigenvalue weighted by molar-refractivity contribution is 6.11. The lowest BCUT2D eigenvalue weighted by Gasteiger charge is -2.18. The van der Waals surface area contributed by atoms with Crippen LogP contribution in [0.1, 0.15) is 6.92 Å². The molecule has 2 N–H and O–H groups in total. The first-order valence-electron chi connectivity index (χ1n) is 3.49. The largest absolute Gasteiger partial charge is 0.366 e. The van der Waals surface area contributed by atoms with Crippen LogP contribution in [0.5, 0.6) is 0 Å². The minimum Gasteiger partial charge on any atom is -0.366 e. The molecule has 0 saturated carbocycles. The van der Waals surface area contributed by atoms with Gasteiger partial charge in [-0.15, -0.1) is 0 Å². The van der Waals surface area contributed by atoms with Crippen molar-refractivity contribution in [3.05, 3.63) is 11.8 Å². The van der Waals surface area contributed by atoms with Gasteiger partial charge < -0.3 is 10.6 Å².